The molecule has 2 rings (SSSR count). The summed E-state index contributed by atoms with van der Waals surface area (Å²) < 4.78 is 14.3. The molecular weight excluding hydrogens is 233 g/mol. The summed E-state index contributed by atoms with van der Waals surface area (Å²) in [5, 5.41) is 19.3. The van der Waals surface area contributed by atoms with E-state index in [4.69, 9.17) is 5.11 Å². The predicted octanol–water partition coefficient (Wildman–Crippen LogP) is 1.01. The maximum atomic E-state index is 13.5. The van der Waals surface area contributed by atoms with Gasteiger partial charge in [-0.2, -0.15) is 4.39 Å². The fraction of sp³-hybridized carbons (Fsp3) is 0.111. The Labute approximate surface area is 93.3 Å². The van der Waals surface area contributed by atoms with Gasteiger partial charge < -0.3 is 15.2 Å². The Balaban J connectivity index is 2.75. The molecule has 0 aliphatic heterocycles. The van der Waals surface area contributed by atoms with Gasteiger partial charge in [0.2, 0.25) is 11.8 Å². The Morgan fingerprint density at radius 1 is 1.59 bits per heavy atom. The van der Waals surface area contributed by atoms with Gasteiger partial charge in [-0.1, -0.05) is 6.07 Å². The van der Waals surface area contributed by atoms with Crippen LogP contribution in [-0.2, 0) is 11.2 Å². The topological polar surface area (TPSA) is 97.7 Å². The lowest BCUT2D eigenvalue weighted by molar-refractivity contribution is -0.387. The summed E-state index contributed by atoms with van der Waals surface area (Å²) in [6.45, 7) is 0. The van der Waals surface area contributed by atoms with Crippen molar-refractivity contribution >= 4 is 17.3 Å². The van der Waals surface area contributed by atoms with Crippen LogP contribution >= 0.6 is 0 Å². The number of carboxylic acids is 1. The molecule has 0 fully saturated rings. The second-order valence-electron chi connectivity index (χ2n) is 3.25. The summed E-state index contributed by atoms with van der Waals surface area (Å²) in [5.74, 6) is -2.80. The van der Waals surface area contributed by atoms with Crippen LogP contribution in [0, 0.1) is 16.1 Å². The molecule has 0 saturated carbocycles. The van der Waals surface area contributed by atoms with E-state index < -0.39 is 29.1 Å². The van der Waals surface area contributed by atoms with E-state index in [0.29, 0.717) is 0 Å². The molecule has 0 aromatic carbocycles. The van der Waals surface area contributed by atoms with Crippen LogP contribution in [0.3, 0.4) is 0 Å². The number of carboxylic acid groups (broad SMARTS) is 1. The summed E-state index contributed by atoms with van der Waals surface area (Å²) in [6, 6.07) is 3.67. The van der Waals surface area contributed by atoms with Gasteiger partial charge in [0.15, 0.2) is 0 Å². The molecule has 0 spiro atoms. The van der Waals surface area contributed by atoms with Gasteiger partial charge >= 0.3 is 11.8 Å². The molecule has 0 unspecified atom stereocenters. The molecule has 0 aliphatic rings. The molecule has 0 amide bonds. The summed E-state index contributed by atoms with van der Waals surface area (Å²) in [5.41, 5.74) is -0.0637. The van der Waals surface area contributed by atoms with Gasteiger partial charge in [-0.3, -0.25) is 4.79 Å². The maximum Gasteiger partial charge on any atom is 0.389 e. The highest BCUT2D eigenvalue weighted by Gasteiger charge is 2.25. The largest absolute Gasteiger partial charge is 0.481 e. The zero-order chi connectivity index (χ0) is 12.6. The highest BCUT2D eigenvalue weighted by atomic mass is 19.1. The average Bonchev–Trinajstić information content (AvgIpc) is 2.57. The van der Waals surface area contributed by atoms with Crippen molar-refractivity contribution in [2.24, 2.45) is 0 Å². The van der Waals surface area contributed by atoms with Gasteiger partial charge in [0.25, 0.3) is 0 Å². The Morgan fingerprint density at radius 3 is 2.88 bits per heavy atom. The fourth-order valence-corrected chi connectivity index (χ4v) is 1.54. The van der Waals surface area contributed by atoms with E-state index in [2.05, 4.69) is 4.98 Å². The van der Waals surface area contributed by atoms with Crippen LogP contribution in [0.5, 0.6) is 0 Å². The number of carbonyl (C=O) groups is 1. The third kappa shape index (κ3) is 1.80. The van der Waals surface area contributed by atoms with E-state index in [1.807, 2.05) is 0 Å². The van der Waals surface area contributed by atoms with Crippen molar-refractivity contribution in [3.05, 3.63) is 40.1 Å². The smallest absolute Gasteiger partial charge is 0.389 e. The number of pyridine rings is 1. The standard InChI is InChI=1S/C9H6FN3O4/c10-6-3-1-2-5-9(13(16)17)11-7(12(5)6)4-8(14)15/h1-3H,4H2,(H,14,15). The van der Waals surface area contributed by atoms with E-state index >= 15 is 0 Å². The van der Waals surface area contributed by atoms with Gasteiger partial charge in [0.05, 0.1) is 0 Å². The molecule has 1 N–H and O–H groups in total. The third-order valence-electron chi connectivity index (χ3n) is 2.15. The lowest BCUT2D eigenvalue weighted by Crippen LogP contribution is -2.06. The highest BCUT2D eigenvalue weighted by Crippen LogP contribution is 2.21. The number of fused-ring (bicyclic) bond motifs is 1. The summed E-state index contributed by atoms with van der Waals surface area (Å²) >= 11 is 0. The maximum absolute atomic E-state index is 13.5. The van der Waals surface area contributed by atoms with Crippen LogP contribution in [0.1, 0.15) is 5.82 Å². The molecule has 2 aromatic rings. The van der Waals surface area contributed by atoms with Crippen molar-refractivity contribution in [3.63, 3.8) is 0 Å². The SMILES string of the molecule is O=C(O)Cc1nc([N+](=O)[O-])c2cccc(F)n12. The number of nitro groups is 1. The van der Waals surface area contributed by atoms with E-state index in [9.17, 15) is 19.3 Å². The lowest BCUT2D eigenvalue weighted by atomic mass is 10.4. The van der Waals surface area contributed by atoms with Gasteiger partial charge in [0.1, 0.15) is 11.9 Å². The van der Waals surface area contributed by atoms with Crippen molar-refractivity contribution in [1.82, 2.24) is 9.38 Å². The molecule has 7 nitrogen and oxygen atoms in total. The molecule has 0 aliphatic carbocycles. The Kier molecular flexibility index (Phi) is 2.47. The van der Waals surface area contributed by atoms with Gasteiger partial charge in [0, 0.05) is 0 Å². The first-order valence-electron chi connectivity index (χ1n) is 4.52. The van der Waals surface area contributed by atoms with Crippen molar-refractivity contribution < 1.29 is 19.2 Å². The normalized spacial score (nSPS) is 10.6. The predicted molar refractivity (Wildman–Crippen MR) is 53.1 cm³/mol. The molecule has 2 aromatic heterocycles. The minimum absolute atomic E-state index is 0.0637. The molecular formula is C9H6FN3O4. The lowest BCUT2D eigenvalue weighted by Gasteiger charge is -1.96. The molecule has 0 atom stereocenters. The number of rotatable bonds is 3. The van der Waals surface area contributed by atoms with Crippen molar-refractivity contribution in [1.29, 1.82) is 0 Å². The Morgan fingerprint density at radius 2 is 2.29 bits per heavy atom. The first-order chi connectivity index (χ1) is 8.00. The minimum Gasteiger partial charge on any atom is -0.481 e. The molecule has 88 valence electrons. The average molecular weight is 239 g/mol. The van der Waals surface area contributed by atoms with Crippen LogP contribution in [0.2, 0.25) is 0 Å². The van der Waals surface area contributed by atoms with Crippen LogP contribution < -0.4 is 0 Å². The summed E-state index contributed by atoms with van der Waals surface area (Å²) in [6.07, 6.45) is -0.587. The van der Waals surface area contributed by atoms with Crippen molar-refractivity contribution in [2.75, 3.05) is 0 Å². The van der Waals surface area contributed by atoms with E-state index in [1.165, 1.54) is 12.1 Å². The minimum atomic E-state index is -1.24. The Bertz CT molecular complexity index is 622. The van der Waals surface area contributed by atoms with Gasteiger partial charge in [-0.15, -0.1) is 0 Å². The number of hydrogen-bond acceptors (Lipinski definition) is 4. The first kappa shape index (κ1) is 11.0. The molecule has 2 heterocycles. The second kappa shape index (κ2) is 3.81. The number of hydrogen-bond donors (Lipinski definition) is 1. The molecule has 8 heteroatoms. The molecule has 17 heavy (non-hydrogen) atoms. The zero-order valence-corrected chi connectivity index (χ0v) is 8.33. The fourth-order valence-electron chi connectivity index (χ4n) is 1.54. The van der Waals surface area contributed by atoms with Crippen molar-refractivity contribution in [2.45, 2.75) is 6.42 Å². The van der Waals surface area contributed by atoms with E-state index in [0.717, 1.165) is 10.5 Å². The quantitative estimate of drug-likeness (QED) is 0.489. The number of aromatic nitrogens is 2. The zero-order valence-electron chi connectivity index (χ0n) is 8.33. The second-order valence-corrected chi connectivity index (χ2v) is 3.25. The third-order valence-corrected chi connectivity index (χ3v) is 2.15. The number of halogens is 1. The van der Waals surface area contributed by atoms with Crippen LogP contribution in [0.4, 0.5) is 10.2 Å². The van der Waals surface area contributed by atoms with Gasteiger partial charge in [-0.25, -0.2) is 4.40 Å². The highest BCUT2D eigenvalue weighted by molar-refractivity contribution is 5.71. The first-order valence-corrected chi connectivity index (χ1v) is 4.52. The Hall–Kier alpha value is -2.51. The number of imidazole rings is 1. The molecule has 0 radical (unpaired) electrons. The van der Waals surface area contributed by atoms with Crippen LogP contribution in [0.15, 0.2) is 18.2 Å². The van der Waals surface area contributed by atoms with E-state index in [1.54, 1.807) is 0 Å². The van der Waals surface area contributed by atoms with Gasteiger partial charge in [-0.05, 0) is 22.0 Å². The molecule has 0 saturated heterocycles. The van der Waals surface area contributed by atoms with Crippen LogP contribution in [-0.4, -0.2) is 25.4 Å². The van der Waals surface area contributed by atoms with Crippen LogP contribution in [0.25, 0.3) is 5.52 Å². The monoisotopic (exact) mass is 239 g/mol. The number of aliphatic carboxylic acids is 1. The summed E-state index contributed by atoms with van der Waals surface area (Å²) in [7, 11) is 0. The van der Waals surface area contributed by atoms with E-state index in [-0.39, 0.29) is 11.3 Å². The number of nitrogens with zero attached hydrogens (tertiary/aromatic N) is 3. The van der Waals surface area contributed by atoms with Crippen molar-refractivity contribution in [3.8, 4) is 0 Å². The molecule has 0 bridgehead atoms. The summed E-state index contributed by atoms with van der Waals surface area (Å²) in [4.78, 5) is 24.0.